The molecule has 0 radical (unpaired) electrons. The summed E-state index contributed by atoms with van der Waals surface area (Å²) in [5.41, 5.74) is 4.38. The molecule has 4 aliphatic rings. The van der Waals surface area contributed by atoms with Gasteiger partial charge in [-0.25, -0.2) is 29.1 Å². The molecule has 2 fully saturated rings. The van der Waals surface area contributed by atoms with E-state index in [1.54, 1.807) is 42.6 Å². The van der Waals surface area contributed by atoms with E-state index in [9.17, 15) is 19.4 Å². The summed E-state index contributed by atoms with van der Waals surface area (Å²) in [6.45, 7) is 9.34. The Morgan fingerprint density at radius 3 is 2.44 bits per heavy atom. The summed E-state index contributed by atoms with van der Waals surface area (Å²) in [6, 6.07) is 13.1. The third kappa shape index (κ3) is 8.99. The molecule has 2 N–H and O–H groups in total. The van der Waals surface area contributed by atoms with Crippen LogP contribution in [0.1, 0.15) is 22.4 Å². The predicted molar refractivity (Wildman–Crippen MR) is 243 cm³/mol. The Balaban J connectivity index is 1.16. The van der Waals surface area contributed by atoms with Gasteiger partial charge in [-0.15, -0.1) is 11.3 Å². The highest BCUT2D eigenvalue weighted by Crippen LogP contribution is 2.53. The second-order valence-electron chi connectivity index (χ2n) is 16.4. The fourth-order valence-corrected chi connectivity index (χ4v) is 9.99. The van der Waals surface area contributed by atoms with Gasteiger partial charge in [0.1, 0.15) is 47.8 Å². The molecule has 10 rings (SSSR count). The van der Waals surface area contributed by atoms with Crippen molar-refractivity contribution in [1.29, 1.82) is 0 Å². The fourth-order valence-electron chi connectivity index (χ4n) is 8.33. The first-order chi connectivity index (χ1) is 30.9. The molecule has 4 bridgehead atoms. The van der Waals surface area contributed by atoms with Crippen molar-refractivity contribution in [2.45, 2.75) is 39.1 Å². The molecule has 14 nitrogen and oxygen atoms in total. The van der Waals surface area contributed by atoms with Gasteiger partial charge in [0.25, 0.3) is 0 Å². The van der Waals surface area contributed by atoms with E-state index in [1.165, 1.54) is 29.8 Å². The Morgan fingerprint density at radius 1 is 0.969 bits per heavy atom. The second kappa shape index (κ2) is 18.6. The Bertz CT molecular complexity index is 2670. The first kappa shape index (κ1) is 43.9. The molecule has 4 aliphatic heterocycles. The van der Waals surface area contributed by atoms with Crippen LogP contribution in [0.2, 0.25) is 10.0 Å². The van der Waals surface area contributed by atoms with Gasteiger partial charge in [0, 0.05) is 87.0 Å². The Morgan fingerprint density at radius 2 is 1.72 bits per heavy atom. The maximum absolute atomic E-state index is 14.3. The van der Waals surface area contributed by atoms with Crippen molar-refractivity contribution in [2.24, 2.45) is 5.92 Å². The van der Waals surface area contributed by atoms with Gasteiger partial charge in [-0.2, -0.15) is 0 Å². The molecular formula is C46H46Cl2FN7O7S. The molecular weight excluding hydrogens is 885 g/mol. The minimum absolute atomic E-state index is 0.0257. The van der Waals surface area contributed by atoms with Crippen molar-refractivity contribution < 1.29 is 38.3 Å². The molecule has 0 saturated carbocycles. The number of nitrogens with zero attached hydrogens (tertiary/aromatic N) is 7. The van der Waals surface area contributed by atoms with E-state index in [4.69, 9.17) is 42.1 Å². The molecule has 6 aromatic rings. The van der Waals surface area contributed by atoms with Crippen molar-refractivity contribution in [1.82, 2.24) is 29.7 Å². The number of hydrogen-bond donors (Lipinski definition) is 2. The molecule has 2 saturated heterocycles. The summed E-state index contributed by atoms with van der Waals surface area (Å²) < 4.78 is 40.5. The number of likely N-dealkylation sites (N-methyl/N-ethyl adjacent to an activating group) is 1. The smallest absolute Gasteiger partial charge is 0.345 e. The summed E-state index contributed by atoms with van der Waals surface area (Å²) in [6.07, 6.45) is 0.852. The number of aliphatic carboxylic acids is 1. The molecule has 0 amide bonds. The van der Waals surface area contributed by atoms with Crippen LogP contribution in [-0.2, 0) is 17.8 Å². The van der Waals surface area contributed by atoms with Crippen LogP contribution in [0.25, 0.3) is 31.8 Å². The number of piperazine rings is 1. The number of rotatable bonds is 9. The van der Waals surface area contributed by atoms with Crippen LogP contribution in [0.3, 0.4) is 0 Å². The van der Waals surface area contributed by atoms with E-state index in [0.29, 0.717) is 107 Å². The molecule has 2 atom stereocenters. The van der Waals surface area contributed by atoms with Gasteiger partial charge in [-0.1, -0.05) is 35.3 Å². The van der Waals surface area contributed by atoms with E-state index in [0.717, 1.165) is 26.2 Å². The van der Waals surface area contributed by atoms with Crippen molar-refractivity contribution in [3.63, 3.8) is 0 Å². The summed E-state index contributed by atoms with van der Waals surface area (Å²) >= 11 is 15.9. The Hall–Kier alpha value is -5.36. The highest BCUT2D eigenvalue weighted by Gasteiger charge is 2.33. The lowest BCUT2D eigenvalue weighted by atomic mass is 9.92. The lowest BCUT2D eigenvalue weighted by molar-refractivity contribution is -0.145. The zero-order valence-electron chi connectivity index (χ0n) is 35.4. The molecule has 0 aliphatic carbocycles. The van der Waals surface area contributed by atoms with Gasteiger partial charge >= 0.3 is 5.97 Å². The maximum atomic E-state index is 14.3. The molecule has 3 aromatic carbocycles. The largest absolute Gasteiger partial charge is 0.490 e. The van der Waals surface area contributed by atoms with Crippen molar-refractivity contribution in [2.75, 3.05) is 71.0 Å². The van der Waals surface area contributed by atoms with Crippen molar-refractivity contribution >= 4 is 56.7 Å². The third-order valence-corrected chi connectivity index (χ3v) is 14.0. The number of carboxylic acids is 1. The maximum Gasteiger partial charge on any atom is 0.345 e. The molecule has 64 heavy (non-hydrogen) atoms. The summed E-state index contributed by atoms with van der Waals surface area (Å²) in [4.78, 5) is 39.3. The first-order valence-corrected chi connectivity index (χ1v) is 22.6. The summed E-state index contributed by atoms with van der Waals surface area (Å²) in [5, 5.41) is 21.4. The number of carboxylic acid groups (broad SMARTS) is 1. The standard InChI is InChI=1S/C46H46Cl2FN7O7S/c1-25-36-26(2)40(48)41(39(25)47)62-33(20-55-14-12-54(3)13-15-55)23-60-32-8-9-34(61-22-31-10-11-50-46(53-31)56-18-27(19-56)21-57)29(16-32)17-35(45(58)59)63-43-38-37(36)42(64-44(38)52-24-51-43)28-4-6-30(49)7-5-28/h4-11,16,24,27,33,35,57H,12-15,17-23H2,1-3H3,(H,58,59)/t33-,35-/m1/s1. The van der Waals surface area contributed by atoms with E-state index < -0.39 is 24.0 Å². The number of aromatic nitrogens is 4. The highest BCUT2D eigenvalue weighted by atomic mass is 35.5. The Labute approximate surface area is 383 Å². The van der Waals surface area contributed by atoms with Crippen LogP contribution in [0.4, 0.5) is 10.3 Å². The van der Waals surface area contributed by atoms with Gasteiger partial charge in [-0.05, 0) is 79.5 Å². The highest BCUT2D eigenvalue weighted by molar-refractivity contribution is 7.22. The topological polar surface area (TPSA) is 156 Å². The average Bonchev–Trinajstić information content (AvgIpc) is 3.66. The predicted octanol–water partition coefficient (Wildman–Crippen LogP) is 7.35. The molecule has 7 heterocycles. The van der Waals surface area contributed by atoms with Gasteiger partial charge < -0.3 is 39.0 Å². The molecule has 0 unspecified atom stereocenters. The van der Waals surface area contributed by atoms with Crippen LogP contribution >= 0.6 is 34.5 Å². The van der Waals surface area contributed by atoms with Crippen LogP contribution in [-0.4, -0.2) is 124 Å². The Kier molecular flexibility index (Phi) is 12.8. The number of fused-ring (bicyclic) bond motifs is 7. The fraction of sp³-hybridized carbons (Fsp3) is 0.370. The van der Waals surface area contributed by atoms with Crippen LogP contribution < -0.4 is 23.8 Å². The van der Waals surface area contributed by atoms with E-state index in [1.807, 2.05) is 18.7 Å². The van der Waals surface area contributed by atoms with Crippen molar-refractivity contribution in [3.05, 3.63) is 99.3 Å². The number of anilines is 1. The average molecular weight is 931 g/mol. The van der Waals surface area contributed by atoms with Gasteiger partial charge in [0.15, 0.2) is 5.75 Å². The zero-order valence-corrected chi connectivity index (χ0v) is 37.7. The number of halogens is 3. The van der Waals surface area contributed by atoms with Gasteiger partial charge in [-0.3, -0.25) is 4.90 Å². The number of benzene rings is 3. The lowest BCUT2D eigenvalue weighted by Gasteiger charge is -2.38. The summed E-state index contributed by atoms with van der Waals surface area (Å²) in [7, 11) is 2.10. The van der Waals surface area contributed by atoms with Crippen molar-refractivity contribution in [3.8, 4) is 44.7 Å². The van der Waals surface area contributed by atoms with E-state index >= 15 is 0 Å². The number of aliphatic hydroxyl groups is 1. The number of hydrogen-bond acceptors (Lipinski definition) is 14. The minimum Gasteiger partial charge on any atom is -0.490 e. The minimum atomic E-state index is -1.46. The summed E-state index contributed by atoms with van der Waals surface area (Å²) in [5.74, 6) is 0.288. The number of carbonyl (C=O) groups is 1. The van der Waals surface area contributed by atoms with Crippen LogP contribution in [0.15, 0.2) is 61.1 Å². The van der Waals surface area contributed by atoms with E-state index in [2.05, 4.69) is 36.8 Å². The van der Waals surface area contributed by atoms with Crippen LogP contribution in [0, 0.1) is 25.6 Å². The van der Waals surface area contributed by atoms with E-state index in [-0.39, 0.29) is 38.0 Å². The molecule has 0 spiro atoms. The van der Waals surface area contributed by atoms with Crippen LogP contribution in [0.5, 0.6) is 23.1 Å². The zero-order chi connectivity index (χ0) is 44.6. The number of thiophene rings is 1. The van der Waals surface area contributed by atoms with Gasteiger partial charge in [0.05, 0.1) is 21.1 Å². The molecule has 3 aromatic heterocycles. The lowest BCUT2D eigenvalue weighted by Crippen LogP contribution is -2.49. The quantitative estimate of drug-likeness (QED) is 0.148. The SMILES string of the molecule is Cc1c(Cl)c2c(Cl)c(C)c1-c1c(-c3ccc(F)cc3)sc3ncnc(c13)O[C@@H](C(=O)O)Cc1cc(ccc1OCc1ccnc(N3CC(CO)C3)n1)OC[C@@H](CN1CCN(C)CC1)O2. The number of ether oxygens (including phenoxy) is 4. The second-order valence-corrected chi connectivity index (χ2v) is 18.2. The normalized spacial score (nSPS) is 18.5. The third-order valence-electron chi connectivity index (χ3n) is 11.9. The molecule has 334 valence electrons. The monoisotopic (exact) mass is 929 g/mol. The number of aliphatic hydroxyl groups excluding tert-OH is 1. The first-order valence-electron chi connectivity index (χ1n) is 21.0. The van der Waals surface area contributed by atoms with Gasteiger partial charge in [0.2, 0.25) is 17.9 Å². The molecule has 18 heteroatoms.